The number of nitrogens with zero attached hydrogens (tertiary/aromatic N) is 4. The number of hydrogen-bond donors (Lipinski definition) is 0. The molecule has 0 bridgehead atoms. The van der Waals surface area contributed by atoms with Gasteiger partial charge in [-0.3, -0.25) is 4.57 Å². The molecule has 2 heterocycles. The molecule has 0 aliphatic rings. The van der Waals surface area contributed by atoms with E-state index >= 15 is 0 Å². The van der Waals surface area contributed by atoms with Crippen LogP contribution in [-0.4, -0.2) is 19.7 Å². The van der Waals surface area contributed by atoms with Crippen molar-refractivity contribution >= 4 is 29.8 Å². The Morgan fingerprint density at radius 3 is 2.52 bits per heavy atom. The molecular weight excluding hydrogens is 311 g/mol. The van der Waals surface area contributed by atoms with E-state index in [0.29, 0.717) is 5.82 Å². The van der Waals surface area contributed by atoms with Crippen LogP contribution in [0.15, 0.2) is 54.9 Å². The number of hydrogen-bond acceptors (Lipinski definition) is 5. The Kier molecular flexibility index (Phi) is 3.59. The van der Waals surface area contributed by atoms with Crippen LogP contribution in [0.2, 0.25) is 5.15 Å². The standard InChI is InChI=1S/C13H10ClN4O2P/c14-11-6-7-12(17-16-11)18-9-8-15-13(18)21(19,20)10-4-2-1-3-5-10/h1-9H,(H,19,20)/p-1. The van der Waals surface area contributed by atoms with Crippen LogP contribution in [0.3, 0.4) is 0 Å². The van der Waals surface area contributed by atoms with Crippen LogP contribution in [0.5, 0.6) is 0 Å². The molecule has 0 aliphatic carbocycles. The highest BCUT2D eigenvalue weighted by Crippen LogP contribution is 2.32. The van der Waals surface area contributed by atoms with Gasteiger partial charge in [0.25, 0.3) is 0 Å². The Bertz CT molecular complexity index is 805. The van der Waals surface area contributed by atoms with E-state index in [4.69, 9.17) is 11.6 Å². The van der Waals surface area contributed by atoms with Gasteiger partial charge < -0.3 is 9.46 Å². The Balaban J connectivity index is 2.11. The molecule has 0 radical (unpaired) electrons. The van der Waals surface area contributed by atoms with Crippen LogP contribution in [0, 0.1) is 0 Å². The Labute approximate surface area is 125 Å². The molecule has 106 valence electrons. The van der Waals surface area contributed by atoms with Crippen LogP contribution in [0.4, 0.5) is 0 Å². The molecule has 6 nitrogen and oxygen atoms in total. The fraction of sp³-hybridized carbons (Fsp3) is 0. The summed E-state index contributed by atoms with van der Waals surface area (Å²) in [5, 5.41) is 8.00. The van der Waals surface area contributed by atoms with Crippen molar-refractivity contribution in [2.24, 2.45) is 0 Å². The van der Waals surface area contributed by atoms with Gasteiger partial charge in [0, 0.05) is 17.7 Å². The molecule has 0 amide bonds. The van der Waals surface area contributed by atoms with Gasteiger partial charge >= 0.3 is 0 Å². The van der Waals surface area contributed by atoms with Gasteiger partial charge in [0.05, 0.1) is 0 Å². The average Bonchev–Trinajstić information content (AvgIpc) is 2.99. The summed E-state index contributed by atoms with van der Waals surface area (Å²) in [6, 6.07) is 11.2. The van der Waals surface area contributed by atoms with Gasteiger partial charge in [-0.25, -0.2) is 4.98 Å². The first-order chi connectivity index (χ1) is 10.1. The second-order valence-corrected chi connectivity index (χ2v) is 6.61. The molecule has 8 heteroatoms. The second-order valence-electron chi connectivity index (χ2n) is 4.20. The van der Waals surface area contributed by atoms with Crippen LogP contribution < -0.4 is 15.8 Å². The monoisotopic (exact) mass is 319 g/mol. The molecule has 21 heavy (non-hydrogen) atoms. The largest absolute Gasteiger partial charge is 0.790 e. The number of aromatic nitrogens is 4. The molecule has 3 aromatic rings. The number of halogens is 1. The van der Waals surface area contributed by atoms with E-state index in [2.05, 4.69) is 15.2 Å². The van der Waals surface area contributed by atoms with E-state index < -0.39 is 7.37 Å². The summed E-state index contributed by atoms with van der Waals surface area (Å²) in [7, 11) is -4.06. The fourth-order valence-corrected chi connectivity index (χ4v) is 3.44. The molecule has 2 aromatic heterocycles. The fourth-order valence-electron chi connectivity index (χ4n) is 1.87. The van der Waals surface area contributed by atoms with Crippen LogP contribution in [0.25, 0.3) is 5.82 Å². The minimum Gasteiger partial charge on any atom is -0.790 e. The molecule has 0 spiro atoms. The molecule has 0 fully saturated rings. The summed E-state index contributed by atoms with van der Waals surface area (Å²) in [6.07, 6.45) is 2.92. The zero-order valence-electron chi connectivity index (χ0n) is 10.6. The van der Waals surface area contributed by atoms with Gasteiger partial charge in [-0.15, -0.1) is 10.2 Å². The van der Waals surface area contributed by atoms with Gasteiger partial charge in [0.15, 0.2) is 16.5 Å². The first kappa shape index (κ1) is 13.9. The highest BCUT2D eigenvalue weighted by molar-refractivity contribution is 7.71. The van der Waals surface area contributed by atoms with Crippen LogP contribution >= 0.6 is 19.0 Å². The Morgan fingerprint density at radius 1 is 1.10 bits per heavy atom. The Hall–Kier alpha value is -2.01. The number of benzene rings is 1. The van der Waals surface area contributed by atoms with Gasteiger partial charge in [-0.2, -0.15) is 0 Å². The topological polar surface area (TPSA) is 83.7 Å². The third-order valence-corrected chi connectivity index (χ3v) is 4.88. The van der Waals surface area contributed by atoms with E-state index in [1.54, 1.807) is 24.3 Å². The van der Waals surface area contributed by atoms with Crippen molar-refractivity contribution in [1.82, 2.24) is 19.7 Å². The van der Waals surface area contributed by atoms with Crippen molar-refractivity contribution in [3.8, 4) is 5.82 Å². The predicted octanol–water partition coefficient (Wildman–Crippen LogP) is 0.905. The molecular formula is C13H9ClN4O2P-. The van der Waals surface area contributed by atoms with Crippen molar-refractivity contribution in [2.75, 3.05) is 0 Å². The van der Waals surface area contributed by atoms with Gasteiger partial charge in [0.1, 0.15) is 7.37 Å². The maximum absolute atomic E-state index is 12.6. The van der Waals surface area contributed by atoms with Gasteiger partial charge in [-0.1, -0.05) is 41.9 Å². The molecule has 0 saturated heterocycles. The van der Waals surface area contributed by atoms with Crippen molar-refractivity contribution in [2.45, 2.75) is 0 Å². The van der Waals surface area contributed by atoms with Gasteiger partial charge in [0.2, 0.25) is 0 Å². The van der Waals surface area contributed by atoms with E-state index in [1.807, 2.05) is 0 Å². The lowest BCUT2D eigenvalue weighted by molar-refractivity contribution is -0.167. The molecule has 0 saturated carbocycles. The summed E-state index contributed by atoms with van der Waals surface area (Å²) in [4.78, 5) is 16.6. The Morgan fingerprint density at radius 2 is 1.86 bits per heavy atom. The zero-order chi connectivity index (χ0) is 14.9. The van der Waals surface area contributed by atoms with E-state index in [0.717, 1.165) is 0 Å². The maximum atomic E-state index is 12.6. The first-order valence-electron chi connectivity index (χ1n) is 5.99. The summed E-state index contributed by atoms with van der Waals surface area (Å²) in [6.45, 7) is 0. The van der Waals surface area contributed by atoms with Crippen LogP contribution in [-0.2, 0) is 4.57 Å². The predicted molar refractivity (Wildman–Crippen MR) is 77.5 cm³/mol. The summed E-state index contributed by atoms with van der Waals surface area (Å²) in [5.41, 5.74) is -0.0923. The molecule has 1 atom stereocenters. The minimum absolute atomic E-state index is 0.0923. The van der Waals surface area contributed by atoms with Gasteiger partial charge in [-0.05, 0) is 12.1 Å². The molecule has 1 aromatic carbocycles. The van der Waals surface area contributed by atoms with E-state index in [9.17, 15) is 9.46 Å². The van der Waals surface area contributed by atoms with Crippen molar-refractivity contribution in [3.63, 3.8) is 0 Å². The summed E-state index contributed by atoms with van der Waals surface area (Å²) in [5.74, 6) is 0.332. The van der Waals surface area contributed by atoms with E-state index in [-0.39, 0.29) is 16.0 Å². The smallest absolute Gasteiger partial charge is 0.165 e. The van der Waals surface area contributed by atoms with Crippen molar-refractivity contribution in [3.05, 3.63) is 60.0 Å². The lowest BCUT2D eigenvalue weighted by atomic mass is 10.4. The average molecular weight is 320 g/mol. The third kappa shape index (κ3) is 2.61. The molecule has 1 unspecified atom stereocenters. The minimum atomic E-state index is -4.06. The first-order valence-corrected chi connectivity index (χ1v) is 7.99. The highest BCUT2D eigenvalue weighted by atomic mass is 35.5. The van der Waals surface area contributed by atoms with Crippen molar-refractivity contribution in [1.29, 1.82) is 0 Å². The van der Waals surface area contributed by atoms with Crippen molar-refractivity contribution < 1.29 is 9.46 Å². The normalized spacial score (nSPS) is 13.8. The molecule has 0 aliphatic heterocycles. The lowest BCUT2D eigenvalue weighted by Crippen LogP contribution is -2.31. The lowest BCUT2D eigenvalue weighted by Gasteiger charge is -2.23. The molecule has 0 N–H and O–H groups in total. The zero-order valence-corrected chi connectivity index (χ0v) is 12.3. The van der Waals surface area contributed by atoms with E-state index in [1.165, 1.54) is 35.2 Å². The summed E-state index contributed by atoms with van der Waals surface area (Å²) >= 11 is 5.68. The highest BCUT2D eigenvalue weighted by Gasteiger charge is 2.21. The van der Waals surface area contributed by atoms with Crippen LogP contribution in [0.1, 0.15) is 0 Å². The summed E-state index contributed by atoms with van der Waals surface area (Å²) < 4.78 is 14.0. The number of imidazole rings is 1. The third-order valence-electron chi connectivity index (χ3n) is 2.85. The quantitative estimate of drug-likeness (QED) is 0.670. The second kappa shape index (κ2) is 5.41. The maximum Gasteiger partial charge on any atom is 0.165 e. The SMILES string of the molecule is O=P([O-])(c1ccccc1)c1nccn1-c1ccc(Cl)nn1. The number of rotatable bonds is 3. The molecule has 3 rings (SSSR count).